The van der Waals surface area contributed by atoms with Crippen LogP contribution in [0.25, 0.3) is 11.1 Å². The molecular weight excluding hydrogens is 456 g/mol. The van der Waals surface area contributed by atoms with E-state index >= 15 is 0 Å². The van der Waals surface area contributed by atoms with Gasteiger partial charge in [-0.05, 0) is 56.4 Å². The predicted octanol–water partition coefficient (Wildman–Crippen LogP) is 5.08. The first-order valence-corrected chi connectivity index (χ1v) is 11.5. The van der Waals surface area contributed by atoms with Gasteiger partial charge in [-0.15, -0.1) is 0 Å². The molecule has 0 spiro atoms. The number of anilines is 4. The maximum absolute atomic E-state index is 11.4. The maximum Gasteiger partial charge on any atom is 0.417 e. The molecule has 0 atom stereocenters. The summed E-state index contributed by atoms with van der Waals surface area (Å²) in [5, 5.41) is 6.95. The van der Waals surface area contributed by atoms with Crippen LogP contribution >= 0.6 is 11.6 Å². The van der Waals surface area contributed by atoms with E-state index in [0.29, 0.717) is 40.2 Å². The summed E-state index contributed by atoms with van der Waals surface area (Å²) in [6, 6.07) is 10.8. The fourth-order valence-corrected chi connectivity index (χ4v) is 3.68. The quantitative estimate of drug-likeness (QED) is 0.287. The van der Waals surface area contributed by atoms with Gasteiger partial charge in [-0.1, -0.05) is 25.4 Å². The molecule has 0 bridgehead atoms. The van der Waals surface area contributed by atoms with Crippen LogP contribution in [0.1, 0.15) is 19.4 Å². The molecule has 0 aliphatic rings. The first kappa shape index (κ1) is 23.6. The van der Waals surface area contributed by atoms with Gasteiger partial charge < -0.3 is 24.7 Å². The Bertz CT molecular complexity index is 1330. The molecule has 10 heteroatoms. The molecule has 0 amide bonds. The molecule has 4 aromatic rings. The summed E-state index contributed by atoms with van der Waals surface area (Å²) in [6.45, 7) is 9.56. The molecule has 0 saturated carbocycles. The third kappa shape index (κ3) is 5.67. The lowest BCUT2D eigenvalue weighted by Crippen LogP contribution is -2.27. The highest BCUT2D eigenvalue weighted by atomic mass is 35.5. The molecule has 0 unspecified atom stereocenters. The summed E-state index contributed by atoms with van der Waals surface area (Å²) in [4.78, 5) is 25.3. The van der Waals surface area contributed by atoms with Crippen molar-refractivity contribution in [3.05, 3.63) is 63.7 Å². The van der Waals surface area contributed by atoms with Gasteiger partial charge in [0.1, 0.15) is 18.2 Å². The Morgan fingerprint density at radius 3 is 2.65 bits per heavy atom. The van der Waals surface area contributed by atoms with Crippen LogP contribution < -0.4 is 21.1 Å². The van der Waals surface area contributed by atoms with Crippen LogP contribution in [-0.4, -0.2) is 46.1 Å². The molecule has 2 aromatic heterocycles. The lowest BCUT2D eigenvalue weighted by atomic mass is 10.2. The highest BCUT2D eigenvalue weighted by molar-refractivity contribution is 6.32. The first-order valence-electron chi connectivity index (χ1n) is 11.1. The van der Waals surface area contributed by atoms with Crippen molar-refractivity contribution in [2.45, 2.75) is 20.8 Å². The average Bonchev–Trinajstić information content (AvgIpc) is 3.19. The minimum Gasteiger partial charge on any atom is -0.491 e. The average molecular weight is 483 g/mol. The molecular formula is C24H27ClN6O3. The van der Waals surface area contributed by atoms with E-state index in [4.69, 9.17) is 20.8 Å². The largest absolute Gasteiger partial charge is 0.491 e. The van der Waals surface area contributed by atoms with Crippen molar-refractivity contribution < 1.29 is 9.15 Å². The van der Waals surface area contributed by atoms with Crippen molar-refractivity contribution in [3.8, 4) is 5.75 Å². The van der Waals surface area contributed by atoms with Crippen LogP contribution in [-0.2, 0) is 0 Å². The van der Waals surface area contributed by atoms with Gasteiger partial charge in [-0.25, -0.2) is 9.78 Å². The van der Waals surface area contributed by atoms with Gasteiger partial charge in [0.25, 0.3) is 0 Å². The Labute approximate surface area is 202 Å². The summed E-state index contributed by atoms with van der Waals surface area (Å²) in [6.07, 6.45) is 1.72. The Kier molecular flexibility index (Phi) is 7.34. The maximum atomic E-state index is 11.4. The second kappa shape index (κ2) is 10.6. The normalized spacial score (nSPS) is 11.2. The molecule has 9 nitrogen and oxygen atoms in total. The number of hydrogen-bond acceptors (Lipinski definition) is 8. The van der Waals surface area contributed by atoms with E-state index in [0.717, 1.165) is 36.6 Å². The highest BCUT2D eigenvalue weighted by Gasteiger charge is 2.09. The number of aromatic amines is 1. The van der Waals surface area contributed by atoms with Gasteiger partial charge in [0.15, 0.2) is 5.58 Å². The summed E-state index contributed by atoms with van der Waals surface area (Å²) in [5.74, 6) is 1.19. The number of benzene rings is 2. The standard InChI is InChI=1S/C24H27ClN6O3/c1-4-31(5-2)10-11-33-20-8-6-16(12-18(20)25)28-23-26-14-15(3)22(30-23)27-17-7-9-21-19(13-17)29-24(32)34-21/h6-9,12-14H,4-5,10-11H2,1-3H3,(H,29,32)(H2,26,27,28,30). The number of oxazole rings is 1. The molecule has 3 N–H and O–H groups in total. The Balaban J connectivity index is 1.44. The lowest BCUT2D eigenvalue weighted by molar-refractivity contribution is 0.223. The van der Waals surface area contributed by atoms with E-state index in [1.807, 2.05) is 25.1 Å². The number of rotatable bonds is 10. The third-order valence-electron chi connectivity index (χ3n) is 5.40. The second-order valence-electron chi connectivity index (χ2n) is 7.72. The number of halogens is 1. The molecule has 0 aliphatic heterocycles. The molecule has 2 aromatic carbocycles. The highest BCUT2D eigenvalue weighted by Crippen LogP contribution is 2.29. The number of fused-ring (bicyclic) bond motifs is 1. The number of nitrogens with zero attached hydrogens (tertiary/aromatic N) is 3. The zero-order valence-electron chi connectivity index (χ0n) is 19.3. The zero-order valence-corrected chi connectivity index (χ0v) is 20.1. The number of aryl methyl sites for hydroxylation is 1. The second-order valence-corrected chi connectivity index (χ2v) is 8.13. The van der Waals surface area contributed by atoms with E-state index < -0.39 is 5.76 Å². The Morgan fingerprint density at radius 2 is 1.88 bits per heavy atom. The molecule has 0 radical (unpaired) electrons. The van der Waals surface area contributed by atoms with Crippen LogP contribution in [0.3, 0.4) is 0 Å². The fraction of sp³-hybridized carbons (Fsp3) is 0.292. The minimum atomic E-state index is -0.490. The van der Waals surface area contributed by atoms with Gasteiger partial charge in [0.05, 0.1) is 10.5 Å². The SMILES string of the molecule is CCN(CC)CCOc1ccc(Nc2ncc(C)c(Nc3ccc4oc(=O)[nH]c4c3)n2)cc1Cl. The first-order chi connectivity index (χ1) is 16.4. The number of H-pyrrole nitrogens is 1. The van der Waals surface area contributed by atoms with Crippen molar-refractivity contribution in [3.63, 3.8) is 0 Å². The van der Waals surface area contributed by atoms with Crippen LogP contribution in [0.5, 0.6) is 5.75 Å². The summed E-state index contributed by atoms with van der Waals surface area (Å²) in [7, 11) is 0. The topological polar surface area (TPSA) is 108 Å². The monoisotopic (exact) mass is 482 g/mol. The summed E-state index contributed by atoms with van der Waals surface area (Å²) < 4.78 is 10.9. The number of nitrogens with one attached hydrogen (secondary N) is 3. The van der Waals surface area contributed by atoms with Gasteiger partial charge in [0, 0.05) is 29.7 Å². The molecule has 34 heavy (non-hydrogen) atoms. The Morgan fingerprint density at radius 1 is 1.12 bits per heavy atom. The van der Waals surface area contributed by atoms with Crippen LogP contribution in [0.15, 0.2) is 51.8 Å². The van der Waals surface area contributed by atoms with Crippen molar-refractivity contribution in [2.75, 3.05) is 36.9 Å². The molecule has 0 saturated heterocycles. The number of hydrogen-bond donors (Lipinski definition) is 3. The minimum absolute atomic E-state index is 0.414. The van der Waals surface area contributed by atoms with Gasteiger partial charge in [-0.3, -0.25) is 4.98 Å². The molecule has 4 rings (SSSR count). The van der Waals surface area contributed by atoms with E-state index in [-0.39, 0.29) is 0 Å². The van der Waals surface area contributed by atoms with E-state index in [1.54, 1.807) is 24.4 Å². The van der Waals surface area contributed by atoms with Crippen molar-refractivity contribution in [1.82, 2.24) is 19.9 Å². The van der Waals surface area contributed by atoms with E-state index in [2.05, 4.69) is 44.3 Å². The smallest absolute Gasteiger partial charge is 0.417 e. The number of likely N-dealkylation sites (N-methyl/N-ethyl adjacent to an activating group) is 1. The van der Waals surface area contributed by atoms with Crippen LogP contribution in [0.2, 0.25) is 5.02 Å². The summed E-state index contributed by atoms with van der Waals surface area (Å²) >= 11 is 6.43. The van der Waals surface area contributed by atoms with Gasteiger partial charge >= 0.3 is 5.76 Å². The van der Waals surface area contributed by atoms with Crippen molar-refractivity contribution >= 4 is 45.8 Å². The van der Waals surface area contributed by atoms with Crippen molar-refractivity contribution in [1.29, 1.82) is 0 Å². The molecule has 0 aliphatic carbocycles. The molecule has 2 heterocycles. The number of aromatic nitrogens is 3. The third-order valence-corrected chi connectivity index (χ3v) is 5.70. The molecule has 178 valence electrons. The van der Waals surface area contributed by atoms with Crippen LogP contribution in [0, 0.1) is 6.92 Å². The zero-order chi connectivity index (χ0) is 24.1. The van der Waals surface area contributed by atoms with Gasteiger partial charge in [-0.2, -0.15) is 4.98 Å². The van der Waals surface area contributed by atoms with E-state index in [1.165, 1.54) is 0 Å². The lowest BCUT2D eigenvalue weighted by Gasteiger charge is -2.18. The molecule has 0 fully saturated rings. The van der Waals surface area contributed by atoms with Crippen LogP contribution in [0.4, 0.5) is 23.1 Å². The predicted molar refractivity (Wildman–Crippen MR) is 135 cm³/mol. The summed E-state index contributed by atoms with van der Waals surface area (Å²) in [5.41, 5.74) is 3.46. The Hall–Kier alpha value is -3.56. The van der Waals surface area contributed by atoms with E-state index in [9.17, 15) is 4.79 Å². The van der Waals surface area contributed by atoms with Gasteiger partial charge in [0.2, 0.25) is 5.95 Å². The fourth-order valence-electron chi connectivity index (χ4n) is 3.44. The number of ether oxygens (including phenoxy) is 1. The van der Waals surface area contributed by atoms with Crippen molar-refractivity contribution in [2.24, 2.45) is 0 Å².